The molecule has 0 fully saturated rings. The van der Waals surface area contributed by atoms with Gasteiger partial charge in [0.05, 0.1) is 13.2 Å². The fraction of sp³-hybridized carbons (Fsp3) is 0.364. The fourth-order valence-corrected chi connectivity index (χ4v) is 1.33. The molecule has 0 saturated heterocycles. The van der Waals surface area contributed by atoms with Crippen molar-refractivity contribution >= 4 is 5.91 Å². The molecule has 5 nitrogen and oxygen atoms in total. The van der Waals surface area contributed by atoms with Crippen molar-refractivity contribution in [3.8, 4) is 5.75 Å². The van der Waals surface area contributed by atoms with E-state index in [1.165, 1.54) is 0 Å². The molecular formula is C11H16N2O3. The molecule has 0 bridgehead atoms. The molecule has 0 aliphatic carbocycles. The minimum atomic E-state index is -0.664. The maximum Gasteiger partial charge on any atom is 0.233 e. The summed E-state index contributed by atoms with van der Waals surface area (Å²) >= 11 is 0. The molecule has 1 atom stereocenters. The first kappa shape index (κ1) is 12.5. The average molecular weight is 224 g/mol. The SMILES string of the molecule is COc1ccc(C(O)CCC(=O)NN)cc1. The van der Waals surface area contributed by atoms with Gasteiger partial charge in [-0.25, -0.2) is 5.84 Å². The van der Waals surface area contributed by atoms with E-state index in [-0.39, 0.29) is 12.3 Å². The van der Waals surface area contributed by atoms with E-state index in [9.17, 15) is 9.90 Å². The molecule has 0 aliphatic rings. The molecule has 0 spiro atoms. The van der Waals surface area contributed by atoms with Gasteiger partial charge >= 0.3 is 0 Å². The zero-order valence-corrected chi connectivity index (χ0v) is 9.14. The normalized spacial score (nSPS) is 11.9. The first-order valence-corrected chi connectivity index (χ1v) is 4.99. The van der Waals surface area contributed by atoms with Crippen molar-refractivity contribution < 1.29 is 14.6 Å². The molecule has 0 aromatic heterocycles. The molecule has 88 valence electrons. The van der Waals surface area contributed by atoms with Crippen molar-refractivity contribution in [2.75, 3.05) is 7.11 Å². The first-order chi connectivity index (χ1) is 7.67. The van der Waals surface area contributed by atoms with Gasteiger partial charge in [-0.2, -0.15) is 0 Å². The van der Waals surface area contributed by atoms with Crippen LogP contribution in [-0.4, -0.2) is 18.1 Å². The van der Waals surface area contributed by atoms with Gasteiger partial charge < -0.3 is 9.84 Å². The standard InChI is InChI=1S/C11H16N2O3/c1-16-9-4-2-8(3-5-9)10(14)6-7-11(15)13-12/h2-5,10,14H,6-7,12H2,1H3,(H,13,15). The number of hydrogen-bond donors (Lipinski definition) is 3. The summed E-state index contributed by atoms with van der Waals surface area (Å²) in [6.45, 7) is 0. The Morgan fingerprint density at radius 1 is 1.50 bits per heavy atom. The summed E-state index contributed by atoms with van der Waals surface area (Å²) in [5, 5.41) is 9.77. The first-order valence-electron chi connectivity index (χ1n) is 4.99. The van der Waals surface area contributed by atoms with Crippen molar-refractivity contribution in [1.82, 2.24) is 5.43 Å². The lowest BCUT2D eigenvalue weighted by atomic mass is 10.0. The minimum absolute atomic E-state index is 0.198. The van der Waals surface area contributed by atoms with E-state index in [0.717, 1.165) is 11.3 Å². The van der Waals surface area contributed by atoms with E-state index in [1.807, 2.05) is 5.43 Å². The Hall–Kier alpha value is -1.59. The third-order valence-corrected chi connectivity index (χ3v) is 2.31. The van der Waals surface area contributed by atoms with Crippen LogP contribution >= 0.6 is 0 Å². The third kappa shape index (κ3) is 3.52. The monoisotopic (exact) mass is 224 g/mol. The van der Waals surface area contributed by atoms with Crippen LogP contribution in [0.1, 0.15) is 24.5 Å². The lowest BCUT2D eigenvalue weighted by molar-refractivity contribution is -0.121. The number of aliphatic hydroxyl groups excluding tert-OH is 1. The molecule has 1 amide bonds. The highest BCUT2D eigenvalue weighted by Crippen LogP contribution is 2.20. The molecular weight excluding hydrogens is 208 g/mol. The van der Waals surface area contributed by atoms with Crippen molar-refractivity contribution in [2.45, 2.75) is 18.9 Å². The van der Waals surface area contributed by atoms with Crippen LogP contribution in [0.15, 0.2) is 24.3 Å². The largest absolute Gasteiger partial charge is 0.497 e. The fourth-order valence-electron chi connectivity index (χ4n) is 1.33. The second-order valence-corrected chi connectivity index (χ2v) is 3.40. The Morgan fingerprint density at radius 3 is 2.62 bits per heavy atom. The highest BCUT2D eigenvalue weighted by atomic mass is 16.5. The van der Waals surface area contributed by atoms with E-state index in [1.54, 1.807) is 31.4 Å². The van der Waals surface area contributed by atoms with Crippen LogP contribution in [-0.2, 0) is 4.79 Å². The summed E-state index contributed by atoms with van der Waals surface area (Å²) in [5.74, 6) is 5.38. The van der Waals surface area contributed by atoms with E-state index in [2.05, 4.69) is 0 Å². The molecule has 0 radical (unpaired) electrons. The number of methoxy groups -OCH3 is 1. The number of aliphatic hydroxyl groups is 1. The summed E-state index contributed by atoms with van der Waals surface area (Å²) in [5.41, 5.74) is 2.78. The number of nitrogens with two attached hydrogens (primary N) is 1. The predicted octanol–water partition coefficient (Wildman–Crippen LogP) is 0.499. The van der Waals surface area contributed by atoms with Gasteiger partial charge in [0.1, 0.15) is 5.75 Å². The zero-order chi connectivity index (χ0) is 12.0. The maximum atomic E-state index is 10.9. The molecule has 0 saturated carbocycles. The number of ether oxygens (including phenoxy) is 1. The lowest BCUT2D eigenvalue weighted by Gasteiger charge is -2.10. The van der Waals surface area contributed by atoms with E-state index in [4.69, 9.17) is 10.6 Å². The number of amides is 1. The van der Waals surface area contributed by atoms with Crippen LogP contribution in [0.2, 0.25) is 0 Å². The highest BCUT2D eigenvalue weighted by Gasteiger charge is 2.09. The van der Waals surface area contributed by atoms with Gasteiger partial charge in [-0.15, -0.1) is 0 Å². The summed E-state index contributed by atoms with van der Waals surface area (Å²) in [6, 6.07) is 7.07. The number of hydrazine groups is 1. The molecule has 0 aliphatic heterocycles. The molecule has 16 heavy (non-hydrogen) atoms. The third-order valence-electron chi connectivity index (χ3n) is 2.31. The molecule has 5 heteroatoms. The van der Waals surface area contributed by atoms with Gasteiger partial charge in [0.2, 0.25) is 5.91 Å². The quantitative estimate of drug-likeness (QED) is 0.386. The molecule has 0 heterocycles. The van der Waals surface area contributed by atoms with E-state index in [0.29, 0.717) is 6.42 Å². The molecule has 1 aromatic carbocycles. The molecule has 1 unspecified atom stereocenters. The van der Waals surface area contributed by atoms with Crippen molar-refractivity contribution in [3.05, 3.63) is 29.8 Å². The van der Waals surface area contributed by atoms with Crippen LogP contribution in [0.3, 0.4) is 0 Å². The van der Waals surface area contributed by atoms with E-state index < -0.39 is 6.10 Å². The number of benzene rings is 1. The highest BCUT2D eigenvalue weighted by molar-refractivity contribution is 5.75. The van der Waals surface area contributed by atoms with Crippen LogP contribution < -0.4 is 16.0 Å². The number of rotatable bonds is 5. The average Bonchev–Trinajstić information content (AvgIpc) is 2.35. The minimum Gasteiger partial charge on any atom is -0.497 e. The smallest absolute Gasteiger partial charge is 0.233 e. The van der Waals surface area contributed by atoms with Gasteiger partial charge in [0.15, 0.2) is 0 Å². The number of carbonyl (C=O) groups excluding carboxylic acids is 1. The van der Waals surface area contributed by atoms with Crippen molar-refractivity contribution in [3.63, 3.8) is 0 Å². The molecule has 1 rings (SSSR count). The number of hydrogen-bond acceptors (Lipinski definition) is 4. The Kier molecular flexibility index (Phi) is 4.75. The second-order valence-electron chi connectivity index (χ2n) is 3.40. The topological polar surface area (TPSA) is 84.6 Å². The Labute approximate surface area is 94.2 Å². The Balaban J connectivity index is 2.52. The van der Waals surface area contributed by atoms with Gasteiger partial charge in [0.25, 0.3) is 0 Å². The Morgan fingerprint density at radius 2 is 2.12 bits per heavy atom. The van der Waals surface area contributed by atoms with Crippen molar-refractivity contribution in [1.29, 1.82) is 0 Å². The van der Waals surface area contributed by atoms with Gasteiger partial charge in [0, 0.05) is 6.42 Å². The Bertz CT molecular complexity index is 338. The maximum absolute atomic E-state index is 10.9. The summed E-state index contributed by atoms with van der Waals surface area (Å²) < 4.78 is 5.00. The summed E-state index contributed by atoms with van der Waals surface area (Å²) in [7, 11) is 1.58. The lowest BCUT2D eigenvalue weighted by Crippen LogP contribution is -2.30. The van der Waals surface area contributed by atoms with Gasteiger partial charge in [-0.05, 0) is 24.1 Å². The van der Waals surface area contributed by atoms with Crippen LogP contribution in [0.5, 0.6) is 5.75 Å². The van der Waals surface area contributed by atoms with Gasteiger partial charge in [-0.1, -0.05) is 12.1 Å². The number of carbonyl (C=O) groups is 1. The molecule has 1 aromatic rings. The zero-order valence-electron chi connectivity index (χ0n) is 9.14. The molecule has 4 N–H and O–H groups in total. The second kappa shape index (κ2) is 6.09. The predicted molar refractivity (Wildman–Crippen MR) is 59.5 cm³/mol. The van der Waals surface area contributed by atoms with E-state index >= 15 is 0 Å². The van der Waals surface area contributed by atoms with Crippen LogP contribution in [0.4, 0.5) is 0 Å². The van der Waals surface area contributed by atoms with Crippen LogP contribution in [0, 0.1) is 0 Å². The van der Waals surface area contributed by atoms with Crippen LogP contribution in [0.25, 0.3) is 0 Å². The number of nitrogens with one attached hydrogen (secondary N) is 1. The summed E-state index contributed by atoms with van der Waals surface area (Å²) in [4.78, 5) is 10.9. The van der Waals surface area contributed by atoms with Gasteiger partial charge in [-0.3, -0.25) is 10.2 Å². The van der Waals surface area contributed by atoms with Crippen molar-refractivity contribution in [2.24, 2.45) is 5.84 Å². The summed E-state index contributed by atoms with van der Waals surface area (Å²) in [6.07, 6.45) is -0.123.